The van der Waals surface area contributed by atoms with E-state index in [4.69, 9.17) is 4.74 Å². The van der Waals surface area contributed by atoms with Gasteiger partial charge in [-0.15, -0.1) is 0 Å². The molecule has 0 unspecified atom stereocenters. The van der Waals surface area contributed by atoms with Gasteiger partial charge >= 0.3 is 5.97 Å². The second kappa shape index (κ2) is 7.60. The Morgan fingerprint density at radius 3 is 2.46 bits per heavy atom. The van der Waals surface area contributed by atoms with Crippen molar-refractivity contribution in [2.24, 2.45) is 0 Å². The molecule has 1 amide bonds. The number of para-hydroxylation sites is 1. The maximum Gasteiger partial charge on any atom is 0.338 e. The quantitative estimate of drug-likeness (QED) is 0.715. The summed E-state index contributed by atoms with van der Waals surface area (Å²) in [5.41, 5.74) is 2.09. The number of anilines is 1. The van der Waals surface area contributed by atoms with E-state index in [2.05, 4.69) is 15.4 Å². The Hall–Kier alpha value is -3.48. The van der Waals surface area contributed by atoms with Crippen LogP contribution in [0.25, 0.3) is 5.69 Å². The number of benzene rings is 2. The van der Waals surface area contributed by atoms with E-state index < -0.39 is 5.97 Å². The van der Waals surface area contributed by atoms with Crippen molar-refractivity contribution in [3.8, 4) is 5.69 Å². The van der Waals surface area contributed by atoms with Crippen LogP contribution in [0.3, 0.4) is 0 Å². The highest BCUT2D eigenvalue weighted by Gasteiger charge is 2.14. The van der Waals surface area contributed by atoms with E-state index in [1.807, 2.05) is 6.07 Å². The Labute approximate surface area is 150 Å². The Morgan fingerprint density at radius 1 is 1.08 bits per heavy atom. The average Bonchev–Trinajstić information content (AvgIpc) is 3.16. The number of hydrogen-bond acceptors (Lipinski definition) is 5. The lowest BCUT2D eigenvalue weighted by Gasteiger charge is -2.11. The van der Waals surface area contributed by atoms with Crippen LogP contribution in [0.1, 0.15) is 34.6 Å². The topological polar surface area (TPSA) is 86.1 Å². The van der Waals surface area contributed by atoms with Crippen LogP contribution in [0, 0.1) is 0 Å². The first-order chi connectivity index (χ1) is 12.5. The molecule has 2 aromatic carbocycles. The van der Waals surface area contributed by atoms with Gasteiger partial charge in [0, 0.05) is 5.69 Å². The second-order valence-electron chi connectivity index (χ2n) is 5.84. The van der Waals surface area contributed by atoms with E-state index in [1.54, 1.807) is 56.3 Å². The number of aromatic nitrogens is 3. The fraction of sp³-hybridized carbons (Fsp3) is 0.158. The lowest BCUT2D eigenvalue weighted by atomic mass is 10.1. The van der Waals surface area contributed by atoms with Crippen molar-refractivity contribution >= 4 is 17.6 Å². The molecule has 0 bridgehead atoms. The van der Waals surface area contributed by atoms with Gasteiger partial charge in [0.25, 0.3) is 5.91 Å². The van der Waals surface area contributed by atoms with Gasteiger partial charge in [-0.1, -0.05) is 12.1 Å². The molecule has 0 saturated heterocycles. The van der Waals surface area contributed by atoms with Crippen LogP contribution in [-0.2, 0) is 4.74 Å². The Balaban J connectivity index is 1.76. The minimum atomic E-state index is -0.394. The first kappa shape index (κ1) is 17.3. The summed E-state index contributed by atoms with van der Waals surface area (Å²) < 4.78 is 6.67. The first-order valence-electron chi connectivity index (χ1n) is 8.11. The summed E-state index contributed by atoms with van der Waals surface area (Å²) in [4.78, 5) is 28.4. The Morgan fingerprint density at radius 2 is 1.81 bits per heavy atom. The summed E-state index contributed by atoms with van der Waals surface area (Å²) in [6.45, 7) is 3.58. The fourth-order valence-corrected chi connectivity index (χ4v) is 2.37. The largest absolute Gasteiger partial charge is 0.459 e. The number of hydrogen-bond donors (Lipinski definition) is 1. The van der Waals surface area contributed by atoms with E-state index in [-0.39, 0.29) is 12.0 Å². The van der Waals surface area contributed by atoms with Gasteiger partial charge in [0.1, 0.15) is 12.7 Å². The van der Waals surface area contributed by atoms with E-state index in [9.17, 15) is 9.59 Å². The number of nitrogens with zero attached hydrogens (tertiary/aromatic N) is 3. The highest BCUT2D eigenvalue weighted by Crippen LogP contribution is 2.17. The van der Waals surface area contributed by atoms with Crippen molar-refractivity contribution in [3.05, 3.63) is 72.3 Å². The van der Waals surface area contributed by atoms with Crippen molar-refractivity contribution in [1.29, 1.82) is 0 Å². The van der Waals surface area contributed by atoms with Crippen molar-refractivity contribution in [3.63, 3.8) is 0 Å². The van der Waals surface area contributed by atoms with Gasteiger partial charge in [0.05, 0.1) is 22.9 Å². The molecule has 0 saturated carbocycles. The number of esters is 1. The third-order valence-electron chi connectivity index (χ3n) is 3.54. The second-order valence-corrected chi connectivity index (χ2v) is 5.84. The van der Waals surface area contributed by atoms with Crippen LogP contribution in [0.2, 0.25) is 0 Å². The van der Waals surface area contributed by atoms with Gasteiger partial charge in [0.2, 0.25) is 0 Å². The molecule has 0 aliphatic carbocycles. The molecule has 0 fully saturated rings. The maximum atomic E-state index is 12.6. The van der Waals surface area contributed by atoms with Gasteiger partial charge in [-0.3, -0.25) is 4.79 Å². The highest BCUT2D eigenvalue weighted by atomic mass is 16.5. The summed E-state index contributed by atoms with van der Waals surface area (Å²) in [5, 5.41) is 6.88. The molecule has 0 aliphatic heterocycles. The molecule has 26 heavy (non-hydrogen) atoms. The third kappa shape index (κ3) is 3.94. The van der Waals surface area contributed by atoms with E-state index in [0.29, 0.717) is 22.5 Å². The van der Waals surface area contributed by atoms with Gasteiger partial charge in [-0.2, -0.15) is 5.10 Å². The zero-order chi connectivity index (χ0) is 18.5. The van der Waals surface area contributed by atoms with Crippen molar-refractivity contribution in [1.82, 2.24) is 14.8 Å². The molecule has 0 spiro atoms. The molecular weight excluding hydrogens is 332 g/mol. The van der Waals surface area contributed by atoms with Crippen LogP contribution >= 0.6 is 0 Å². The molecule has 7 heteroatoms. The normalized spacial score (nSPS) is 10.6. The van der Waals surface area contributed by atoms with Crippen molar-refractivity contribution in [2.45, 2.75) is 20.0 Å². The standard InChI is InChI=1S/C19H18N4O3/c1-13(2)26-19(25)14-7-9-15(10-8-14)22-18(24)16-5-3-4-6-17(16)23-12-20-11-21-23/h3-13H,1-2H3,(H,22,24). The van der Waals surface area contributed by atoms with E-state index in [0.717, 1.165) is 0 Å². The van der Waals surface area contributed by atoms with Gasteiger partial charge in [-0.05, 0) is 50.2 Å². The Bertz CT molecular complexity index is 903. The summed E-state index contributed by atoms with van der Waals surface area (Å²) in [7, 11) is 0. The van der Waals surface area contributed by atoms with Crippen LogP contribution < -0.4 is 5.32 Å². The monoisotopic (exact) mass is 350 g/mol. The number of ether oxygens (including phenoxy) is 1. The summed E-state index contributed by atoms with van der Waals surface area (Å²) in [6, 6.07) is 13.6. The van der Waals surface area contributed by atoms with Crippen LogP contribution in [0.4, 0.5) is 5.69 Å². The molecule has 132 valence electrons. The first-order valence-corrected chi connectivity index (χ1v) is 8.11. The predicted octanol–water partition coefficient (Wildman–Crippen LogP) is 3.08. The number of rotatable bonds is 5. The summed E-state index contributed by atoms with van der Waals surface area (Å²) >= 11 is 0. The molecule has 0 atom stereocenters. The SMILES string of the molecule is CC(C)OC(=O)c1ccc(NC(=O)c2ccccc2-n2cncn2)cc1. The number of carbonyl (C=O) groups is 2. The third-order valence-corrected chi connectivity index (χ3v) is 3.54. The molecule has 0 radical (unpaired) electrons. The summed E-state index contributed by atoms with van der Waals surface area (Å²) in [5.74, 6) is -0.678. The highest BCUT2D eigenvalue weighted by molar-refractivity contribution is 6.06. The lowest BCUT2D eigenvalue weighted by Crippen LogP contribution is -2.15. The van der Waals surface area contributed by atoms with E-state index in [1.165, 1.54) is 17.3 Å². The predicted molar refractivity (Wildman–Crippen MR) is 96.3 cm³/mol. The molecule has 3 rings (SSSR count). The minimum Gasteiger partial charge on any atom is -0.459 e. The molecule has 1 aromatic heterocycles. The number of nitrogens with one attached hydrogen (secondary N) is 1. The molecule has 1 N–H and O–H groups in total. The zero-order valence-corrected chi connectivity index (χ0v) is 14.4. The van der Waals surface area contributed by atoms with Gasteiger partial charge in [0.15, 0.2) is 0 Å². The molecule has 3 aromatic rings. The maximum absolute atomic E-state index is 12.6. The smallest absolute Gasteiger partial charge is 0.338 e. The van der Waals surface area contributed by atoms with Gasteiger partial charge < -0.3 is 10.1 Å². The molecule has 1 heterocycles. The minimum absolute atomic E-state index is 0.185. The van der Waals surface area contributed by atoms with Crippen LogP contribution in [-0.4, -0.2) is 32.7 Å². The molecule has 7 nitrogen and oxygen atoms in total. The number of carbonyl (C=O) groups excluding carboxylic acids is 2. The lowest BCUT2D eigenvalue weighted by molar-refractivity contribution is 0.0378. The fourth-order valence-electron chi connectivity index (χ4n) is 2.37. The van der Waals surface area contributed by atoms with Crippen LogP contribution in [0.5, 0.6) is 0 Å². The number of amides is 1. The molecular formula is C19H18N4O3. The van der Waals surface area contributed by atoms with E-state index >= 15 is 0 Å². The van der Waals surface area contributed by atoms with Gasteiger partial charge in [-0.25, -0.2) is 14.5 Å². The van der Waals surface area contributed by atoms with Crippen LogP contribution in [0.15, 0.2) is 61.2 Å². The molecule has 0 aliphatic rings. The Kier molecular flexibility index (Phi) is 5.07. The average molecular weight is 350 g/mol. The zero-order valence-electron chi connectivity index (χ0n) is 14.4. The van der Waals surface area contributed by atoms with Crippen molar-refractivity contribution in [2.75, 3.05) is 5.32 Å². The van der Waals surface area contributed by atoms with Crippen molar-refractivity contribution < 1.29 is 14.3 Å². The summed E-state index contributed by atoms with van der Waals surface area (Å²) in [6.07, 6.45) is 2.75.